The number of primary amides is 1. The fourth-order valence-corrected chi connectivity index (χ4v) is 4.16. The van der Waals surface area contributed by atoms with Gasteiger partial charge in [-0.1, -0.05) is 0 Å². The summed E-state index contributed by atoms with van der Waals surface area (Å²) in [6.07, 6.45) is 0.623. The first-order chi connectivity index (χ1) is 16.7. The SMILES string of the molecule is COc1ccc(F)cc1C(=O)NCc1cc(F)c(C2NN(C3CCOC3)C(N)=C2C(N)=O)cc1F. The summed E-state index contributed by atoms with van der Waals surface area (Å²) in [5.74, 6) is -3.79. The summed E-state index contributed by atoms with van der Waals surface area (Å²) in [6.45, 7) is 0.460. The number of rotatable bonds is 7. The van der Waals surface area contributed by atoms with Crippen molar-refractivity contribution in [2.45, 2.75) is 25.0 Å². The molecule has 1 fully saturated rings. The van der Waals surface area contributed by atoms with Crippen LogP contribution in [0.4, 0.5) is 13.2 Å². The van der Waals surface area contributed by atoms with Crippen LogP contribution in [0.5, 0.6) is 5.75 Å². The van der Waals surface area contributed by atoms with Crippen LogP contribution in [-0.4, -0.2) is 43.2 Å². The Bertz CT molecular complexity index is 1200. The van der Waals surface area contributed by atoms with Gasteiger partial charge >= 0.3 is 0 Å². The molecule has 0 saturated carbocycles. The number of halogens is 3. The van der Waals surface area contributed by atoms with Crippen molar-refractivity contribution in [1.82, 2.24) is 15.8 Å². The maximum absolute atomic E-state index is 15.1. The van der Waals surface area contributed by atoms with E-state index in [2.05, 4.69) is 10.7 Å². The second-order valence-electron chi connectivity index (χ2n) is 8.11. The van der Waals surface area contributed by atoms with E-state index in [0.29, 0.717) is 19.6 Å². The highest BCUT2D eigenvalue weighted by atomic mass is 19.1. The molecule has 0 aromatic heterocycles. The van der Waals surface area contributed by atoms with Crippen LogP contribution in [-0.2, 0) is 16.1 Å². The van der Waals surface area contributed by atoms with E-state index in [1.54, 1.807) is 0 Å². The number of methoxy groups -OCH3 is 1. The van der Waals surface area contributed by atoms with Gasteiger partial charge in [-0.15, -0.1) is 0 Å². The lowest BCUT2D eigenvalue weighted by Gasteiger charge is -2.27. The molecule has 2 aromatic rings. The van der Waals surface area contributed by atoms with E-state index < -0.39 is 35.3 Å². The standard InChI is InChI=1S/C23H24F3N5O4/c1-34-18-3-2-12(24)7-15(18)23(33)29-9-11-6-17(26)14(8-16(11)25)20-19(22(28)32)21(27)31(30-20)13-4-5-35-10-13/h2-3,6-8,13,20,30H,4-5,9-10,27H2,1H3,(H2,28,32)(H,29,33). The summed E-state index contributed by atoms with van der Waals surface area (Å²) in [6, 6.07) is 3.91. The van der Waals surface area contributed by atoms with Gasteiger partial charge in [-0.25, -0.2) is 18.6 Å². The number of ether oxygens (including phenoxy) is 2. The number of nitrogens with two attached hydrogens (primary N) is 2. The maximum atomic E-state index is 15.1. The number of hydrogen-bond donors (Lipinski definition) is 4. The zero-order chi connectivity index (χ0) is 25.3. The van der Waals surface area contributed by atoms with E-state index in [0.717, 1.165) is 24.3 Å². The predicted molar refractivity (Wildman–Crippen MR) is 118 cm³/mol. The average molecular weight is 491 g/mol. The van der Waals surface area contributed by atoms with Gasteiger partial charge < -0.3 is 26.3 Å². The zero-order valence-electron chi connectivity index (χ0n) is 18.7. The molecule has 0 bridgehead atoms. The largest absolute Gasteiger partial charge is 0.496 e. The molecule has 2 aromatic carbocycles. The Labute approximate surface area is 198 Å². The van der Waals surface area contributed by atoms with Gasteiger partial charge in [0.2, 0.25) is 5.91 Å². The molecule has 35 heavy (non-hydrogen) atoms. The Morgan fingerprint density at radius 3 is 2.66 bits per heavy atom. The van der Waals surface area contributed by atoms with Gasteiger partial charge in [-0.2, -0.15) is 0 Å². The number of carbonyl (C=O) groups excluding carboxylic acids is 2. The van der Waals surface area contributed by atoms with Gasteiger partial charge in [0.05, 0.1) is 36.9 Å². The maximum Gasteiger partial charge on any atom is 0.255 e. The van der Waals surface area contributed by atoms with Gasteiger partial charge in [-0.05, 0) is 36.8 Å². The van der Waals surface area contributed by atoms with E-state index in [9.17, 15) is 18.4 Å². The lowest BCUT2D eigenvalue weighted by Crippen LogP contribution is -2.44. The highest BCUT2D eigenvalue weighted by molar-refractivity contribution is 5.97. The van der Waals surface area contributed by atoms with Crippen molar-refractivity contribution in [3.63, 3.8) is 0 Å². The van der Waals surface area contributed by atoms with Crippen molar-refractivity contribution in [3.05, 3.63) is 75.9 Å². The van der Waals surface area contributed by atoms with Crippen molar-refractivity contribution in [2.24, 2.45) is 11.5 Å². The number of nitrogens with zero attached hydrogens (tertiary/aromatic N) is 1. The Morgan fingerprint density at radius 1 is 1.23 bits per heavy atom. The number of amides is 2. The van der Waals surface area contributed by atoms with E-state index in [1.165, 1.54) is 18.2 Å². The molecule has 1 saturated heterocycles. The molecule has 12 heteroatoms. The Hall–Kier alpha value is -3.77. The minimum absolute atomic E-state index is 0.0261. The van der Waals surface area contributed by atoms with Crippen molar-refractivity contribution >= 4 is 11.8 Å². The fraction of sp³-hybridized carbons (Fsp3) is 0.304. The highest BCUT2D eigenvalue weighted by Crippen LogP contribution is 2.34. The number of benzene rings is 2. The van der Waals surface area contributed by atoms with Gasteiger partial charge in [0.15, 0.2) is 0 Å². The topological polar surface area (TPSA) is 132 Å². The molecule has 0 aliphatic carbocycles. The molecule has 2 aliphatic heterocycles. The van der Waals surface area contributed by atoms with E-state index in [1.807, 2.05) is 0 Å². The predicted octanol–water partition coefficient (Wildman–Crippen LogP) is 1.35. The Morgan fingerprint density at radius 2 is 2.00 bits per heavy atom. The lowest BCUT2D eigenvalue weighted by atomic mass is 9.97. The van der Waals surface area contributed by atoms with Crippen LogP contribution in [0.25, 0.3) is 0 Å². The molecular weight excluding hydrogens is 467 g/mol. The van der Waals surface area contributed by atoms with Gasteiger partial charge in [0.25, 0.3) is 5.91 Å². The van der Waals surface area contributed by atoms with Gasteiger partial charge in [0, 0.05) is 24.3 Å². The van der Waals surface area contributed by atoms with Crippen LogP contribution in [0.3, 0.4) is 0 Å². The first-order valence-electron chi connectivity index (χ1n) is 10.7. The fourth-order valence-electron chi connectivity index (χ4n) is 4.16. The average Bonchev–Trinajstić information content (AvgIpc) is 3.46. The Balaban J connectivity index is 1.55. The van der Waals surface area contributed by atoms with Crippen LogP contribution < -0.4 is 26.9 Å². The van der Waals surface area contributed by atoms with Crippen LogP contribution in [0.15, 0.2) is 41.7 Å². The van der Waals surface area contributed by atoms with E-state index in [4.69, 9.17) is 20.9 Å². The smallest absolute Gasteiger partial charge is 0.255 e. The molecule has 0 radical (unpaired) electrons. The van der Waals surface area contributed by atoms with Crippen molar-refractivity contribution in [3.8, 4) is 5.75 Å². The molecule has 9 nitrogen and oxygen atoms in total. The van der Waals surface area contributed by atoms with Gasteiger partial charge in [-0.3, -0.25) is 14.6 Å². The number of carbonyl (C=O) groups is 2. The Kier molecular flexibility index (Phi) is 6.85. The molecule has 2 unspecified atom stereocenters. The summed E-state index contributed by atoms with van der Waals surface area (Å²) in [5, 5.41) is 3.91. The van der Waals surface area contributed by atoms with Crippen LogP contribution in [0.1, 0.15) is 33.9 Å². The lowest BCUT2D eigenvalue weighted by molar-refractivity contribution is -0.114. The van der Waals surface area contributed by atoms with E-state index >= 15 is 4.39 Å². The van der Waals surface area contributed by atoms with Crippen LogP contribution in [0, 0.1) is 17.5 Å². The van der Waals surface area contributed by atoms with Crippen molar-refractivity contribution in [2.75, 3.05) is 20.3 Å². The molecule has 6 N–H and O–H groups in total. The van der Waals surface area contributed by atoms with Crippen LogP contribution in [0.2, 0.25) is 0 Å². The molecule has 2 atom stereocenters. The summed E-state index contributed by atoms with van der Waals surface area (Å²) < 4.78 is 54.0. The zero-order valence-corrected chi connectivity index (χ0v) is 18.7. The van der Waals surface area contributed by atoms with E-state index in [-0.39, 0.29) is 46.4 Å². The van der Waals surface area contributed by atoms with Crippen molar-refractivity contribution < 1.29 is 32.2 Å². The third kappa shape index (κ3) is 4.75. The molecule has 186 valence electrons. The highest BCUT2D eigenvalue weighted by Gasteiger charge is 2.40. The quantitative estimate of drug-likeness (QED) is 0.460. The summed E-state index contributed by atoms with van der Waals surface area (Å²) in [5.41, 5.74) is 14.0. The monoisotopic (exact) mass is 491 g/mol. The molecule has 2 heterocycles. The second-order valence-corrected chi connectivity index (χ2v) is 8.11. The normalized spacial score (nSPS) is 19.8. The van der Waals surface area contributed by atoms with Crippen molar-refractivity contribution in [1.29, 1.82) is 0 Å². The third-order valence-corrected chi connectivity index (χ3v) is 5.95. The number of nitrogens with one attached hydrogen (secondary N) is 2. The molecule has 2 amide bonds. The molecular formula is C23H24F3N5O4. The molecule has 0 spiro atoms. The first-order valence-corrected chi connectivity index (χ1v) is 10.7. The minimum atomic E-state index is -1.11. The first kappa shape index (κ1) is 24.4. The second kappa shape index (κ2) is 9.84. The minimum Gasteiger partial charge on any atom is -0.496 e. The molecule has 4 rings (SSSR count). The number of hydrazine groups is 1. The summed E-state index contributed by atoms with van der Waals surface area (Å²) in [7, 11) is 1.32. The van der Waals surface area contributed by atoms with Crippen LogP contribution >= 0.6 is 0 Å². The molecule has 2 aliphatic rings. The summed E-state index contributed by atoms with van der Waals surface area (Å²) >= 11 is 0. The third-order valence-electron chi connectivity index (χ3n) is 5.95. The van der Waals surface area contributed by atoms with Gasteiger partial charge in [0.1, 0.15) is 29.0 Å². The number of hydrogen-bond acceptors (Lipinski definition) is 7. The summed E-state index contributed by atoms with van der Waals surface area (Å²) in [4.78, 5) is 24.6.